The number of carbonyl (C=O) groups is 1. The van der Waals surface area contributed by atoms with E-state index in [4.69, 9.17) is 9.84 Å². The first-order valence-corrected chi connectivity index (χ1v) is 14.4. The number of nitriles is 1. The van der Waals surface area contributed by atoms with Crippen molar-refractivity contribution >= 4 is 11.9 Å². The van der Waals surface area contributed by atoms with Crippen molar-refractivity contribution in [1.29, 1.82) is 5.26 Å². The van der Waals surface area contributed by atoms with Crippen LogP contribution in [0.25, 0.3) is 11.1 Å². The monoisotopic (exact) mass is 580 g/mol. The third-order valence-corrected chi connectivity index (χ3v) is 7.22. The van der Waals surface area contributed by atoms with Crippen LogP contribution in [0.2, 0.25) is 0 Å². The first-order chi connectivity index (χ1) is 20.5. The number of halogens is 1. The third-order valence-electron chi connectivity index (χ3n) is 7.22. The summed E-state index contributed by atoms with van der Waals surface area (Å²) in [6, 6.07) is 17.9. The molecule has 1 N–H and O–H groups in total. The van der Waals surface area contributed by atoms with Gasteiger partial charge in [0, 0.05) is 19.5 Å². The summed E-state index contributed by atoms with van der Waals surface area (Å²) >= 11 is 0. The Morgan fingerprint density at radius 3 is 2.42 bits per heavy atom. The van der Waals surface area contributed by atoms with Gasteiger partial charge in [0.1, 0.15) is 5.82 Å². The van der Waals surface area contributed by atoms with Crippen LogP contribution in [0.4, 0.5) is 10.3 Å². The molecule has 0 atom stereocenters. The number of benzene rings is 3. The number of aliphatic carboxylic acids is 1. The van der Waals surface area contributed by atoms with E-state index in [0.29, 0.717) is 42.3 Å². The van der Waals surface area contributed by atoms with Crippen LogP contribution < -0.4 is 9.64 Å². The van der Waals surface area contributed by atoms with Crippen LogP contribution in [-0.4, -0.2) is 27.7 Å². The average Bonchev–Trinajstić information content (AvgIpc) is 2.95. The molecule has 0 saturated heterocycles. The number of anilines is 1. The second kappa shape index (κ2) is 13.9. The number of hydrogen-bond acceptors (Lipinski definition) is 6. The van der Waals surface area contributed by atoms with Crippen molar-refractivity contribution in [3.63, 3.8) is 0 Å². The van der Waals surface area contributed by atoms with Gasteiger partial charge < -0.3 is 14.7 Å². The third kappa shape index (κ3) is 8.16. The van der Waals surface area contributed by atoms with Crippen LogP contribution in [0.15, 0.2) is 60.9 Å². The fraction of sp³-hybridized carbons (Fsp3) is 0.314. The van der Waals surface area contributed by atoms with Crippen molar-refractivity contribution in [2.45, 2.75) is 66.5 Å². The fourth-order valence-corrected chi connectivity index (χ4v) is 5.14. The topological polar surface area (TPSA) is 99.3 Å². The van der Waals surface area contributed by atoms with E-state index < -0.39 is 5.97 Å². The Kier molecular flexibility index (Phi) is 10.1. The van der Waals surface area contributed by atoms with Gasteiger partial charge in [0.15, 0.2) is 5.75 Å². The van der Waals surface area contributed by atoms with Gasteiger partial charge in [0.2, 0.25) is 5.95 Å². The lowest BCUT2D eigenvalue weighted by atomic mass is 9.90. The smallest absolute Gasteiger partial charge is 0.303 e. The van der Waals surface area contributed by atoms with Gasteiger partial charge in [0.25, 0.3) is 0 Å². The summed E-state index contributed by atoms with van der Waals surface area (Å²) < 4.78 is 20.5. The van der Waals surface area contributed by atoms with E-state index in [1.54, 1.807) is 18.5 Å². The average molecular weight is 581 g/mol. The van der Waals surface area contributed by atoms with E-state index in [1.807, 2.05) is 63.8 Å². The van der Waals surface area contributed by atoms with Gasteiger partial charge in [-0.2, -0.15) is 5.26 Å². The Morgan fingerprint density at radius 2 is 1.74 bits per heavy atom. The number of ether oxygens (including phenoxy) is 1. The van der Waals surface area contributed by atoms with Gasteiger partial charge in [-0.25, -0.2) is 14.4 Å². The minimum absolute atomic E-state index is 0.0267. The van der Waals surface area contributed by atoms with E-state index in [0.717, 1.165) is 38.9 Å². The summed E-state index contributed by atoms with van der Waals surface area (Å²) in [5.74, 6) is -0.0928. The van der Waals surface area contributed by atoms with E-state index in [-0.39, 0.29) is 24.8 Å². The highest BCUT2D eigenvalue weighted by Gasteiger charge is 2.19. The Balaban J connectivity index is 1.73. The molecule has 0 aliphatic heterocycles. The second-order valence-corrected chi connectivity index (χ2v) is 11.2. The highest BCUT2D eigenvalue weighted by atomic mass is 19.1. The highest BCUT2D eigenvalue weighted by Crippen LogP contribution is 2.34. The Bertz CT molecular complexity index is 1640. The molecule has 0 amide bonds. The fourth-order valence-electron chi connectivity index (χ4n) is 5.14. The molecular formula is C35H37FN4O3. The Labute approximate surface area is 252 Å². The van der Waals surface area contributed by atoms with Gasteiger partial charge in [-0.15, -0.1) is 0 Å². The maximum atomic E-state index is 14.8. The molecule has 0 aliphatic carbocycles. The summed E-state index contributed by atoms with van der Waals surface area (Å²) in [7, 11) is 0. The number of nitrogens with zero attached hydrogens (tertiary/aromatic N) is 4. The lowest BCUT2D eigenvalue weighted by Crippen LogP contribution is -2.25. The van der Waals surface area contributed by atoms with Crippen LogP contribution in [0.3, 0.4) is 0 Å². The summed E-state index contributed by atoms with van der Waals surface area (Å²) in [6.07, 6.45) is 3.58. The van der Waals surface area contributed by atoms with Crippen molar-refractivity contribution in [3.05, 3.63) is 106 Å². The van der Waals surface area contributed by atoms with Gasteiger partial charge in [-0.05, 0) is 96.3 Å². The molecule has 4 aromatic rings. The molecule has 222 valence electrons. The van der Waals surface area contributed by atoms with Gasteiger partial charge in [-0.3, -0.25) is 4.79 Å². The van der Waals surface area contributed by atoms with E-state index in [9.17, 15) is 14.4 Å². The first kappa shape index (κ1) is 31.2. The summed E-state index contributed by atoms with van der Waals surface area (Å²) in [6.45, 7) is 11.1. The zero-order valence-corrected chi connectivity index (χ0v) is 25.3. The number of aryl methyl sites for hydroxylation is 3. The van der Waals surface area contributed by atoms with Crippen molar-refractivity contribution in [2.75, 3.05) is 11.5 Å². The maximum absolute atomic E-state index is 14.8. The van der Waals surface area contributed by atoms with Crippen LogP contribution >= 0.6 is 0 Å². The maximum Gasteiger partial charge on any atom is 0.303 e. The summed E-state index contributed by atoms with van der Waals surface area (Å²) in [5.41, 5.74) is 8.17. The number of aromatic nitrogens is 2. The largest absolute Gasteiger partial charge is 0.490 e. The summed E-state index contributed by atoms with van der Waals surface area (Å²) in [4.78, 5) is 22.0. The molecule has 0 bridgehead atoms. The summed E-state index contributed by atoms with van der Waals surface area (Å²) in [5, 5.41) is 18.4. The molecule has 0 radical (unpaired) electrons. The zero-order chi connectivity index (χ0) is 31.1. The molecule has 43 heavy (non-hydrogen) atoms. The van der Waals surface area contributed by atoms with Gasteiger partial charge in [-0.1, -0.05) is 43.7 Å². The number of carboxylic acids is 1. The Hall–Kier alpha value is -4.77. The van der Waals surface area contributed by atoms with Crippen LogP contribution in [0.5, 0.6) is 5.75 Å². The minimum atomic E-state index is -0.867. The molecule has 0 unspecified atom stereocenters. The minimum Gasteiger partial charge on any atom is -0.490 e. The highest BCUT2D eigenvalue weighted by molar-refractivity contribution is 5.72. The first-order valence-electron chi connectivity index (χ1n) is 14.4. The lowest BCUT2D eigenvalue weighted by Gasteiger charge is -2.25. The zero-order valence-electron chi connectivity index (χ0n) is 25.3. The van der Waals surface area contributed by atoms with Crippen LogP contribution in [-0.2, 0) is 17.9 Å². The predicted molar refractivity (Wildman–Crippen MR) is 166 cm³/mol. The molecule has 0 fully saturated rings. The molecular weight excluding hydrogens is 543 g/mol. The molecule has 3 aromatic carbocycles. The van der Waals surface area contributed by atoms with Gasteiger partial charge >= 0.3 is 5.97 Å². The number of hydrogen-bond donors (Lipinski definition) is 1. The van der Waals surface area contributed by atoms with Crippen LogP contribution in [0, 0.1) is 37.9 Å². The van der Waals surface area contributed by atoms with E-state index >= 15 is 0 Å². The quantitative estimate of drug-likeness (QED) is 0.172. The van der Waals surface area contributed by atoms with Crippen LogP contribution in [0.1, 0.15) is 71.6 Å². The lowest BCUT2D eigenvalue weighted by molar-refractivity contribution is -0.137. The van der Waals surface area contributed by atoms with E-state index in [1.165, 1.54) is 0 Å². The molecule has 4 rings (SSSR count). The molecule has 1 aromatic heterocycles. The van der Waals surface area contributed by atoms with Crippen molar-refractivity contribution in [1.82, 2.24) is 9.97 Å². The predicted octanol–water partition coefficient (Wildman–Crippen LogP) is 7.65. The Morgan fingerprint density at radius 1 is 1.00 bits per heavy atom. The molecule has 7 nitrogen and oxygen atoms in total. The molecule has 0 spiro atoms. The second-order valence-electron chi connectivity index (χ2n) is 11.2. The molecule has 0 saturated carbocycles. The van der Waals surface area contributed by atoms with Gasteiger partial charge in [0.05, 0.1) is 30.6 Å². The molecule has 0 aliphatic rings. The SMILES string of the molecule is Cc1cc(C#N)cc(CN(Cc2cc(C)ccc2-c2cc(C(C)C)c(F)cc2C)c2ncc(OCCCC(=O)O)cn2)c1. The number of carboxylic acid groups (broad SMARTS) is 1. The normalized spacial score (nSPS) is 10.9. The molecule has 8 heteroatoms. The van der Waals surface area contributed by atoms with Crippen molar-refractivity contribution in [2.24, 2.45) is 0 Å². The molecule has 1 heterocycles. The number of rotatable bonds is 12. The van der Waals surface area contributed by atoms with Crippen molar-refractivity contribution in [3.8, 4) is 22.9 Å². The standard InChI is InChI=1S/C35H37FN4O3/c1-22(2)31-16-32(25(5)14-33(31)36)30-9-8-23(3)13-28(30)21-40(20-27-12-24(4)11-26(15-27)17-37)35-38-18-29(19-39-35)43-10-6-7-34(41)42/h8-9,11-16,18-19,22H,6-7,10,20-21H2,1-5H3,(H,41,42). The van der Waals surface area contributed by atoms with Crippen molar-refractivity contribution < 1.29 is 19.0 Å². The van der Waals surface area contributed by atoms with E-state index in [2.05, 4.69) is 34.2 Å².